The SMILES string of the molecule is COC(=O)c1cc(C)c(C(F)F)c(I)n1. The summed E-state index contributed by atoms with van der Waals surface area (Å²) in [6.45, 7) is 1.51. The van der Waals surface area contributed by atoms with Gasteiger partial charge in [-0.05, 0) is 41.1 Å². The molecule has 1 aromatic heterocycles. The van der Waals surface area contributed by atoms with Gasteiger partial charge in [-0.25, -0.2) is 18.6 Å². The Balaban J connectivity index is 3.25. The molecule has 0 unspecified atom stereocenters. The molecular weight excluding hydrogens is 319 g/mol. The van der Waals surface area contributed by atoms with E-state index in [2.05, 4.69) is 9.72 Å². The maximum absolute atomic E-state index is 12.5. The zero-order valence-corrected chi connectivity index (χ0v) is 10.2. The lowest BCUT2D eigenvalue weighted by Gasteiger charge is -2.08. The van der Waals surface area contributed by atoms with E-state index in [9.17, 15) is 13.6 Å². The van der Waals surface area contributed by atoms with Crippen molar-refractivity contribution in [1.29, 1.82) is 0 Å². The molecule has 3 nitrogen and oxygen atoms in total. The molecule has 6 heteroatoms. The standard InChI is InChI=1S/C9H8F2INO2/c1-4-3-5(9(14)15-2)13-8(12)6(4)7(10)11/h3,7H,1-2H3. The molecule has 0 amide bonds. The van der Waals surface area contributed by atoms with Crippen molar-refractivity contribution in [3.05, 3.63) is 26.6 Å². The Kier molecular flexibility index (Phi) is 3.95. The third-order valence-corrected chi connectivity index (χ3v) is 2.65. The van der Waals surface area contributed by atoms with Crippen LogP contribution in [0.5, 0.6) is 0 Å². The smallest absolute Gasteiger partial charge is 0.356 e. The second-order valence-corrected chi connectivity index (χ2v) is 3.84. The second-order valence-electron chi connectivity index (χ2n) is 2.82. The summed E-state index contributed by atoms with van der Waals surface area (Å²) in [6.07, 6.45) is -2.59. The molecule has 0 spiro atoms. The summed E-state index contributed by atoms with van der Waals surface area (Å²) in [4.78, 5) is 14.9. The van der Waals surface area contributed by atoms with Gasteiger partial charge in [0.15, 0.2) is 0 Å². The van der Waals surface area contributed by atoms with Gasteiger partial charge in [0, 0.05) is 0 Å². The summed E-state index contributed by atoms with van der Waals surface area (Å²) >= 11 is 1.68. The summed E-state index contributed by atoms with van der Waals surface area (Å²) in [7, 11) is 1.22. The minimum absolute atomic E-state index is 0.0452. The molecule has 0 aliphatic rings. The normalized spacial score (nSPS) is 10.5. The van der Waals surface area contributed by atoms with Gasteiger partial charge in [0.2, 0.25) is 0 Å². The Morgan fingerprint density at radius 3 is 2.60 bits per heavy atom. The molecular formula is C9H8F2INO2. The molecule has 0 aliphatic carbocycles. The number of esters is 1. The van der Waals surface area contributed by atoms with E-state index in [4.69, 9.17) is 0 Å². The highest BCUT2D eigenvalue weighted by Crippen LogP contribution is 2.27. The van der Waals surface area contributed by atoms with Crippen LogP contribution in [0, 0.1) is 10.6 Å². The van der Waals surface area contributed by atoms with Crippen LogP contribution in [0.2, 0.25) is 0 Å². The minimum Gasteiger partial charge on any atom is -0.464 e. The molecule has 0 fully saturated rings. The van der Waals surface area contributed by atoms with Gasteiger partial charge in [0.25, 0.3) is 6.43 Å². The van der Waals surface area contributed by atoms with Crippen LogP contribution in [-0.2, 0) is 4.74 Å². The van der Waals surface area contributed by atoms with Gasteiger partial charge in [0.1, 0.15) is 9.39 Å². The second kappa shape index (κ2) is 4.82. The van der Waals surface area contributed by atoms with Gasteiger partial charge < -0.3 is 4.74 Å². The lowest BCUT2D eigenvalue weighted by Crippen LogP contribution is -2.08. The van der Waals surface area contributed by atoms with Crippen LogP contribution in [0.25, 0.3) is 0 Å². The van der Waals surface area contributed by atoms with Gasteiger partial charge >= 0.3 is 5.97 Å². The predicted molar refractivity (Wildman–Crippen MR) is 58.0 cm³/mol. The third kappa shape index (κ3) is 2.61. The molecule has 0 N–H and O–H groups in total. The van der Waals surface area contributed by atoms with Crippen LogP contribution in [0.4, 0.5) is 8.78 Å². The summed E-state index contributed by atoms with van der Waals surface area (Å²) in [5.41, 5.74) is 0.247. The molecule has 0 aliphatic heterocycles. The van der Waals surface area contributed by atoms with Crippen molar-refractivity contribution in [2.75, 3.05) is 7.11 Å². The van der Waals surface area contributed by atoms with Gasteiger partial charge in [-0.3, -0.25) is 0 Å². The molecule has 15 heavy (non-hydrogen) atoms. The number of hydrogen-bond donors (Lipinski definition) is 0. The highest BCUT2D eigenvalue weighted by molar-refractivity contribution is 14.1. The zero-order chi connectivity index (χ0) is 11.6. The molecule has 0 saturated heterocycles. The number of aryl methyl sites for hydroxylation is 1. The number of rotatable bonds is 2. The van der Waals surface area contributed by atoms with Gasteiger partial charge in [-0.1, -0.05) is 0 Å². The average Bonchev–Trinajstić information content (AvgIpc) is 2.14. The molecule has 1 rings (SSSR count). The minimum atomic E-state index is -2.59. The van der Waals surface area contributed by atoms with E-state index in [-0.39, 0.29) is 15.0 Å². The zero-order valence-electron chi connectivity index (χ0n) is 8.05. The largest absolute Gasteiger partial charge is 0.464 e. The molecule has 82 valence electrons. The highest BCUT2D eigenvalue weighted by Gasteiger charge is 2.19. The van der Waals surface area contributed by atoms with Crippen LogP contribution < -0.4 is 0 Å². The van der Waals surface area contributed by atoms with Gasteiger partial charge in [0.05, 0.1) is 12.7 Å². The van der Waals surface area contributed by atoms with Gasteiger partial charge in [-0.15, -0.1) is 0 Å². The number of hydrogen-bond acceptors (Lipinski definition) is 3. The van der Waals surface area contributed by atoms with Crippen molar-refractivity contribution in [3.8, 4) is 0 Å². The van der Waals surface area contributed by atoms with Gasteiger partial charge in [-0.2, -0.15) is 0 Å². The van der Waals surface area contributed by atoms with Crippen LogP contribution in [-0.4, -0.2) is 18.1 Å². The first-order valence-corrected chi connectivity index (χ1v) is 5.08. The number of aromatic nitrogens is 1. The van der Waals surface area contributed by atoms with E-state index >= 15 is 0 Å². The molecule has 1 heterocycles. The fourth-order valence-electron chi connectivity index (χ4n) is 1.12. The maximum Gasteiger partial charge on any atom is 0.356 e. The van der Waals surface area contributed by atoms with E-state index in [1.54, 1.807) is 22.6 Å². The number of carbonyl (C=O) groups excluding carboxylic acids is 1. The summed E-state index contributed by atoms with van der Waals surface area (Å²) < 4.78 is 29.7. The first kappa shape index (κ1) is 12.3. The predicted octanol–water partition coefficient (Wildman–Crippen LogP) is 2.72. The molecule has 0 bridgehead atoms. The Labute approximate surface area is 99.0 Å². The maximum atomic E-state index is 12.5. The van der Waals surface area contributed by atoms with Crippen molar-refractivity contribution in [3.63, 3.8) is 0 Å². The van der Waals surface area contributed by atoms with Crippen molar-refractivity contribution < 1.29 is 18.3 Å². The van der Waals surface area contributed by atoms with Crippen molar-refractivity contribution in [1.82, 2.24) is 4.98 Å². The molecule has 0 atom stereocenters. The number of alkyl halides is 2. The van der Waals surface area contributed by atoms with E-state index in [1.807, 2.05) is 0 Å². The van der Waals surface area contributed by atoms with E-state index in [0.29, 0.717) is 5.56 Å². The van der Waals surface area contributed by atoms with E-state index in [1.165, 1.54) is 20.1 Å². The van der Waals surface area contributed by atoms with E-state index in [0.717, 1.165) is 0 Å². The first-order chi connectivity index (χ1) is 6.97. The number of ether oxygens (including phenoxy) is 1. The average molecular weight is 327 g/mol. The molecule has 0 saturated carbocycles. The number of carbonyl (C=O) groups is 1. The molecule has 0 aromatic carbocycles. The monoisotopic (exact) mass is 327 g/mol. The molecule has 0 radical (unpaired) electrons. The summed E-state index contributed by atoms with van der Waals surface area (Å²) in [6, 6.07) is 1.30. The lowest BCUT2D eigenvalue weighted by molar-refractivity contribution is 0.0593. The van der Waals surface area contributed by atoms with Crippen molar-refractivity contribution in [2.24, 2.45) is 0 Å². The Bertz CT molecular complexity index is 373. The van der Waals surface area contributed by atoms with Crippen LogP contribution in [0.1, 0.15) is 28.0 Å². The van der Waals surface area contributed by atoms with Crippen LogP contribution >= 0.6 is 22.6 Å². The highest BCUT2D eigenvalue weighted by atomic mass is 127. The topological polar surface area (TPSA) is 39.2 Å². The molecule has 1 aromatic rings. The summed E-state index contributed by atoms with van der Waals surface area (Å²) in [5, 5.41) is 0. The number of nitrogens with zero attached hydrogens (tertiary/aromatic N) is 1. The fraction of sp³-hybridized carbons (Fsp3) is 0.333. The fourth-order valence-corrected chi connectivity index (χ4v) is 2.04. The Morgan fingerprint density at radius 1 is 1.60 bits per heavy atom. The number of pyridine rings is 1. The number of methoxy groups -OCH3 is 1. The lowest BCUT2D eigenvalue weighted by atomic mass is 10.1. The van der Waals surface area contributed by atoms with Crippen molar-refractivity contribution >= 4 is 28.6 Å². The Morgan fingerprint density at radius 2 is 2.20 bits per heavy atom. The number of halogens is 3. The Hall–Kier alpha value is -0.790. The summed E-state index contributed by atoms with van der Waals surface area (Å²) in [5.74, 6) is -0.628. The quantitative estimate of drug-likeness (QED) is 0.476. The van der Waals surface area contributed by atoms with E-state index < -0.39 is 12.4 Å². The van der Waals surface area contributed by atoms with Crippen LogP contribution in [0.3, 0.4) is 0 Å². The third-order valence-electron chi connectivity index (χ3n) is 1.83. The van der Waals surface area contributed by atoms with Crippen molar-refractivity contribution in [2.45, 2.75) is 13.3 Å². The van der Waals surface area contributed by atoms with Crippen LogP contribution in [0.15, 0.2) is 6.07 Å². The first-order valence-electron chi connectivity index (χ1n) is 4.01.